The van der Waals surface area contributed by atoms with Gasteiger partial charge < -0.3 is 10.7 Å². The zero-order valence-corrected chi connectivity index (χ0v) is 10.6. The molecule has 0 aliphatic heterocycles. The van der Waals surface area contributed by atoms with Gasteiger partial charge in [0.25, 0.3) is 0 Å². The minimum Gasteiger partial charge on any atom is -0.362 e. The molecule has 0 unspecified atom stereocenters. The first-order valence-electron chi connectivity index (χ1n) is 6.45. The number of hydrogen-bond donors (Lipinski definition) is 2. The van der Waals surface area contributed by atoms with Crippen molar-refractivity contribution < 1.29 is 13.2 Å². The van der Waals surface area contributed by atoms with E-state index < -0.39 is 11.7 Å². The zero-order valence-electron chi connectivity index (χ0n) is 10.6. The molecule has 0 saturated heterocycles. The van der Waals surface area contributed by atoms with Crippen molar-refractivity contribution >= 4 is 0 Å². The van der Waals surface area contributed by atoms with Gasteiger partial charge in [0.1, 0.15) is 0 Å². The predicted octanol–water partition coefficient (Wildman–Crippen LogP) is 3.31. The van der Waals surface area contributed by atoms with E-state index in [2.05, 4.69) is 16.8 Å². The molecule has 1 fully saturated rings. The Morgan fingerprint density at radius 2 is 1.89 bits per heavy atom. The highest BCUT2D eigenvalue weighted by Crippen LogP contribution is 2.36. The third-order valence-corrected chi connectivity index (χ3v) is 3.55. The smallest absolute Gasteiger partial charge is 0.362 e. The summed E-state index contributed by atoms with van der Waals surface area (Å²) in [6.07, 6.45) is 1.76. The Morgan fingerprint density at radius 1 is 1.21 bits per heavy atom. The number of nitrogens with two attached hydrogens (primary N) is 1. The fraction of sp³-hybridized carbons (Fsp3) is 0.571. The first kappa shape index (κ1) is 14.0. The molecule has 0 spiro atoms. The topological polar surface area (TPSA) is 41.8 Å². The lowest BCUT2D eigenvalue weighted by atomic mass is 9.88. The normalized spacial score (nSPS) is 20.4. The van der Waals surface area contributed by atoms with E-state index in [-0.39, 0.29) is 11.6 Å². The van der Waals surface area contributed by atoms with E-state index >= 15 is 0 Å². The number of hydrogen-bond acceptors (Lipinski definition) is 1. The van der Waals surface area contributed by atoms with Gasteiger partial charge in [-0.15, -0.1) is 0 Å². The standard InChI is InChI=1S/C14H17F3N2/c15-14(16,17)13(18,12-7-4-10-19-12)9-8-11-5-2-1-3-6-11/h4,7,10-11,19H,1-3,5-6,18H2/t13-/m1/s1. The zero-order chi connectivity index (χ0) is 13.9. The summed E-state index contributed by atoms with van der Waals surface area (Å²) in [5.74, 6) is 5.06. The SMILES string of the molecule is N[C@](C#CC1CCCCC1)(c1ccc[nH]1)C(F)(F)F. The van der Waals surface area contributed by atoms with Crippen LogP contribution in [0, 0.1) is 17.8 Å². The second-order valence-corrected chi connectivity index (χ2v) is 4.99. The Kier molecular flexibility index (Phi) is 3.91. The van der Waals surface area contributed by atoms with Crippen molar-refractivity contribution in [1.82, 2.24) is 4.98 Å². The molecule has 1 heterocycles. The molecule has 19 heavy (non-hydrogen) atoms. The highest BCUT2D eigenvalue weighted by Gasteiger charge is 2.53. The average molecular weight is 270 g/mol. The van der Waals surface area contributed by atoms with E-state index in [4.69, 9.17) is 5.73 Å². The summed E-state index contributed by atoms with van der Waals surface area (Å²) in [6, 6.07) is 2.81. The number of aromatic nitrogens is 1. The van der Waals surface area contributed by atoms with Gasteiger partial charge >= 0.3 is 6.18 Å². The molecule has 1 atom stereocenters. The van der Waals surface area contributed by atoms with E-state index in [1.807, 2.05) is 0 Å². The van der Waals surface area contributed by atoms with Crippen molar-refractivity contribution in [3.8, 4) is 11.8 Å². The molecule has 0 bridgehead atoms. The van der Waals surface area contributed by atoms with E-state index in [1.54, 1.807) is 0 Å². The van der Waals surface area contributed by atoms with Crippen LogP contribution in [0.5, 0.6) is 0 Å². The van der Waals surface area contributed by atoms with Gasteiger partial charge in [0, 0.05) is 12.1 Å². The van der Waals surface area contributed by atoms with E-state index in [0.717, 1.165) is 32.1 Å². The Labute approximate surface area is 110 Å². The van der Waals surface area contributed by atoms with Crippen LogP contribution in [0.25, 0.3) is 0 Å². The van der Waals surface area contributed by atoms with Crippen molar-refractivity contribution in [2.45, 2.75) is 43.8 Å². The third kappa shape index (κ3) is 2.95. The average Bonchev–Trinajstić information content (AvgIpc) is 2.90. The molecular formula is C14H17F3N2. The van der Waals surface area contributed by atoms with Gasteiger partial charge in [0.15, 0.2) is 0 Å². The molecule has 1 aliphatic rings. The Morgan fingerprint density at radius 3 is 2.42 bits per heavy atom. The van der Waals surface area contributed by atoms with E-state index in [9.17, 15) is 13.2 Å². The molecule has 5 heteroatoms. The lowest BCUT2D eigenvalue weighted by Gasteiger charge is -2.26. The molecule has 104 valence electrons. The maximum absolute atomic E-state index is 13.2. The van der Waals surface area contributed by atoms with Crippen LogP contribution in [0.15, 0.2) is 18.3 Å². The van der Waals surface area contributed by atoms with Crippen LogP contribution in [0.3, 0.4) is 0 Å². The minimum atomic E-state index is -4.60. The monoisotopic (exact) mass is 270 g/mol. The molecule has 0 radical (unpaired) electrons. The number of alkyl halides is 3. The van der Waals surface area contributed by atoms with Crippen LogP contribution in [0.1, 0.15) is 37.8 Å². The quantitative estimate of drug-likeness (QED) is 0.755. The second kappa shape index (κ2) is 5.30. The molecule has 1 aliphatic carbocycles. The van der Waals surface area contributed by atoms with Gasteiger partial charge in [-0.05, 0) is 25.0 Å². The van der Waals surface area contributed by atoms with E-state index in [1.165, 1.54) is 18.3 Å². The summed E-state index contributed by atoms with van der Waals surface area (Å²) >= 11 is 0. The summed E-state index contributed by atoms with van der Waals surface area (Å²) < 4.78 is 39.5. The van der Waals surface area contributed by atoms with Crippen molar-refractivity contribution in [3.63, 3.8) is 0 Å². The third-order valence-electron chi connectivity index (χ3n) is 3.55. The van der Waals surface area contributed by atoms with Crippen LogP contribution in [-0.4, -0.2) is 11.2 Å². The lowest BCUT2D eigenvalue weighted by molar-refractivity contribution is -0.172. The van der Waals surface area contributed by atoms with Gasteiger partial charge in [-0.3, -0.25) is 0 Å². The van der Waals surface area contributed by atoms with E-state index in [0.29, 0.717) is 0 Å². The van der Waals surface area contributed by atoms with Crippen molar-refractivity contribution in [2.24, 2.45) is 11.7 Å². The first-order chi connectivity index (χ1) is 8.93. The predicted molar refractivity (Wildman–Crippen MR) is 67.1 cm³/mol. The largest absolute Gasteiger partial charge is 0.423 e. The number of rotatable bonds is 1. The molecule has 2 nitrogen and oxygen atoms in total. The molecule has 3 N–H and O–H groups in total. The molecule has 0 amide bonds. The second-order valence-electron chi connectivity index (χ2n) is 4.99. The number of aromatic amines is 1. The summed E-state index contributed by atoms with van der Waals surface area (Å²) in [5, 5.41) is 0. The highest BCUT2D eigenvalue weighted by atomic mass is 19.4. The number of nitrogens with one attached hydrogen (secondary N) is 1. The number of halogens is 3. The summed E-state index contributed by atoms with van der Waals surface area (Å²) in [7, 11) is 0. The number of H-pyrrole nitrogens is 1. The minimum absolute atomic E-state index is 0.0361. The Bertz CT molecular complexity index is 461. The van der Waals surface area contributed by atoms with Crippen molar-refractivity contribution in [2.75, 3.05) is 0 Å². The van der Waals surface area contributed by atoms with Crippen molar-refractivity contribution in [1.29, 1.82) is 0 Å². The van der Waals surface area contributed by atoms with Gasteiger partial charge in [-0.2, -0.15) is 13.2 Å². The van der Waals surface area contributed by atoms with Crippen LogP contribution in [0.4, 0.5) is 13.2 Å². The van der Waals surface area contributed by atoms with Crippen LogP contribution in [-0.2, 0) is 5.54 Å². The fourth-order valence-corrected chi connectivity index (χ4v) is 2.33. The summed E-state index contributed by atoms with van der Waals surface area (Å²) in [5.41, 5.74) is 2.82. The molecule has 1 aromatic rings. The summed E-state index contributed by atoms with van der Waals surface area (Å²) in [4.78, 5) is 2.52. The van der Waals surface area contributed by atoms with Gasteiger partial charge in [0.05, 0.1) is 5.69 Å². The molecule has 1 saturated carbocycles. The maximum atomic E-state index is 13.2. The molecular weight excluding hydrogens is 253 g/mol. The van der Waals surface area contributed by atoms with Gasteiger partial charge in [0.2, 0.25) is 5.54 Å². The maximum Gasteiger partial charge on any atom is 0.423 e. The molecule has 0 aromatic carbocycles. The van der Waals surface area contributed by atoms with Crippen molar-refractivity contribution in [3.05, 3.63) is 24.0 Å². The Hall–Kier alpha value is -1.41. The highest BCUT2D eigenvalue weighted by molar-refractivity contribution is 5.32. The first-order valence-corrected chi connectivity index (χ1v) is 6.45. The molecule has 2 rings (SSSR count). The Balaban J connectivity index is 2.27. The fourth-order valence-electron chi connectivity index (χ4n) is 2.33. The van der Waals surface area contributed by atoms with Gasteiger partial charge in [-0.25, -0.2) is 0 Å². The van der Waals surface area contributed by atoms with Crippen LogP contribution in [0.2, 0.25) is 0 Å². The molecule has 1 aromatic heterocycles. The lowest BCUT2D eigenvalue weighted by Crippen LogP contribution is -2.49. The summed E-state index contributed by atoms with van der Waals surface area (Å²) in [6.45, 7) is 0. The van der Waals surface area contributed by atoms with Gasteiger partial charge in [-0.1, -0.05) is 31.1 Å². The van der Waals surface area contributed by atoms with Crippen LogP contribution >= 0.6 is 0 Å². The van der Waals surface area contributed by atoms with Crippen LogP contribution < -0.4 is 5.73 Å².